The summed E-state index contributed by atoms with van der Waals surface area (Å²) in [6, 6.07) is 4.58. The van der Waals surface area contributed by atoms with E-state index in [-0.39, 0.29) is 11.4 Å². The number of aromatic carboxylic acids is 1. The van der Waals surface area contributed by atoms with Gasteiger partial charge in [0, 0.05) is 22.2 Å². The average Bonchev–Trinajstić information content (AvgIpc) is 2.66. The maximum absolute atomic E-state index is 13.7. The van der Waals surface area contributed by atoms with E-state index in [1.54, 1.807) is 12.1 Å². The van der Waals surface area contributed by atoms with Crippen LogP contribution in [0.15, 0.2) is 18.2 Å². The van der Waals surface area contributed by atoms with Gasteiger partial charge in [0.1, 0.15) is 10.7 Å². The summed E-state index contributed by atoms with van der Waals surface area (Å²) in [6.07, 6.45) is 0. The Kier molecular flexibility index (Phi) is 3.37. The zero-order valence-corrected chi connectivity index (χ0v) is 9.81. The monoisotopic (exact) mass is 255 g/mol. The molecule has 4 nitrogen and oxygen atoms in total. The van der Waals surface area contributed by atoms with Gasteiger partial charge in [-0.05, 0) is 12.1 Å². The topological polar surface area (TPSA) is 58.6 Å². The first-order valence-electron chi connectivity index (χ1n) is 4.84. The van der Waals surface area contributed by atoms with E-state index >= 15 is 0 Å². The number of hydrogen-bond donors (Lipinski definition) is 2. The van der Waals surface area contributed by atoms with Gasteiger partial charge in [0.05, 0.1) is 7.11 Å². The van der Waals surface area contributed by atoms with Crippen molar-refractivity contribution in [3.63, 3.8) is 0 Å². The van der Waals surface area contributed by atoms with Crippen molar-refractivity contribution in [2.75, 3.05) is 7.11 Å². The molecule has 0 amide bonds. The van der Waals surface area contributed by atoms with Crippen molar-refractivity contribution in [2.24, 2.45) is 0 Å². The van der Waals surface area contributed by atoms with E-state index in [0.717, 1.165) is 11.3 Å². The zero-order chi connectivity index (χ0) is 12.4. The van der Waals surface area contributed by atoms with Crippen molar-refractivity contribution in [1.29, 1.82) is 0 Å². The second-order valence-corrected chi connectivity index (χ2v) is 4.41. The summed E-state index contributed by atoms with van der Waals surface area (Å²) in [7, 11) is 1.42. The molecule has 0 aliphatic heterocycles. The van der Waals surface area contributed by atoms with Gasteiger partial charge in [-0.2, -0.15) is 5.48 Å². The molecule has 0 fully saturated rings. The van der Waals surface area contributed by atoms with Crippen molar-refractivity contribution < 1.29 is 19.1 Å². The number of carboxylic acids is 1. The van der Waals surface area contributed by atoms with Crippen LogP contribution in [0, 0.1) is 5.82 Å². The Morgan fingerprint density at radius 3 is 3.00 bits per heavy atom. The normalized spacial score (nSPS) is 10.9. The molecule has 0 bridgehead atoms. The number of nitrogens with one attached hydrogen (secondary N) is 1. The van der Waals surface area contributed by atoms with Crippen molar-refractivity contribution in [1.82, 2.24) is 5.48 Å². The summed E-state index contributed by atoms with van der Waals surface area (Å²) in [5.74, 6) is -1.47. The molecule has 2 aromatic rings. The number of hydrogen-bond acceptors (Lipinski definition) is 4. The second kappa shape index (κ2) is 4.79. The van der Waals surface area contributed by atoms with Gasteiger partial charge in [0.2, 0.25) is 0 Å². The minimum absolute atomic E-state index is 0.134. The Morgan fingerprint density at radius 2 is 2.35 bits per heavy atom. The summed E-state index contributed by atoms with van der Waals surface area (Å²) < 4.78 is 14.3. The molecule has 0 spiro atoms. The highest BCUT2D eigenvalue weighted by Crippen LogP contribution is 2.33. The van der Waals surface area contributed by atoms with Crippen LogP contribution in [0.25, 0.3) is 10.1 Å². The second-order valence-electron chi connectivity index (χ2n) is 3.35. The molecule has 1 aromatic heterocycles. The SMILES string of the molecule is CONCc1c(C(=O)O)sc2cccc(F)c12. The Balaban J connectivity index is 2.64. The van der Waals surface area contributed by atoms with Crippen LogP contribution in [0.4, 0.5) is 4.39 Å². The Labute approximate surface area is 101 Å². The van der Waals surface area contributed by atoms with Crippen molar-refractivity contribution in [2.45, 2.75) is 6.54 Å². The number of carboxylic acid groups (broad SMARTS) is 1. The molecule has 0 radical (unpaired) electrons. The number of hydroxylamine groups is 1. The Morgan fingerprint density at radius 1 is 1.59 bits per heavy atom. The molecule has 2 N–H and O–H groups in total. The first kappa shape index (κ1) is 12.0. The molecule has 6 heteroatoms. The van der Waals surface area contributed by atoms with E-state index in [1.165, 1.54) is 13.2 Å². The van der Waals surface area contributed by atoms with E-state index in [4.69, 9.17) is 5.11 Å². The summed E-state index contributed by atoms with van der Waals surface area (Å²) in [6.45, 7) is 0.152. The maximum Gasteiger partial charge on any atom is 0.346 e. The number of thiophene rings is 1. The minimum atomic E-state index is -1.06. The van der Waals surface area contributed by atoms with Crippen LogP contribution < -0.4 is 5.48 Å². The summed E-state index contributed by atoms with van der Waals surface area (Å²) >= 11 is 1.06. The molecular weight excluding hydrogens is 245 g/mol. The molecule has 0 atom stereocenters. The molecule has 2 rings (SSSR count). The third-order valence-electron chi connectivity index (χ3n) is 2.35. The van der Waals surface area contributed by atoms with Crippen molar-refractivity contribution >= 4 is 27.4 Å². The lowest BCUT2D eigenvalue weighted by molar-refractivity contribution is 0.0694. The van der Waals surface area contributed by atoms with E-state index in [9.17, 15) is 9.18 Å². The number of halogens is 1. The van der Waals surface area contributed by atoms with Gasteiger partial charge >= 0.3 is 5.97 Å². The van der Waals surface area contributed by atoms with Gasteiger partial charge in [-0.15, -0.1) is 11.3 Å². The first-order chi connectivity index (χ1) is 8.15. The van der Waals surface area contributed by atoms with Gasteiger partial charge in [-0.25, -0.2) is 9.18 Å². The lowest BCUT2D eigenvalue weighted by Crippen LogP contribution is -2.13. The van der Waals surface area contributed by atoms with Crippen molar-refractivity contribution in [3.05, 3.63) is 34.5 Å². The van der Waals surface area contributed by atoms with E-state index in [2.05, 4.69) is 10.3 Å². The third kappa shape index (κ3) is 2.14. The lowest BCUT2D eigenvalue weighted by atomic mass is 10.1. The molecule has 0 saturated heterocycles. The predicted molar refractivity (Wildman–Crippen MR) is 62.6 cm³/mol. The molecule has 0 aliphatic carbocycles. The standard InChI is InChI=1S/C11H10FNO3S/c1-16-13-5-6-9-7(12)3-2-4-8(9)17-10(6)11(14)15/h2-4,13H,5H2,1H3,(H,14,15). The number of benzene rings is 1. The highest BCUT2D eigenvalue weighted by Gasteiger charge is 2.19. The maximum atomic E-state index is 13.7. The van der Waals surface area contributed by atoms with Gasteiger partial charge in [-0.1, -0.05) is 6.07 Å². The van der Waals surface area contributed by atoms with Gasteiger partial charge in [0.15, 0.2) is 0 Å². The number of rotatable bonds is 4. The van der Waals surface area contributed by atoms with Gasteiger partial charge < -0.3 is 9.94 Å². The van der Waals surface area contributed by atoms with Crippen LogP contribution in [0.1, 0.15) is 15.2 Å². The predicted octanol–water partition coefficient (Wildman–Crippen LogP) is 2.39. The lowest BCUT2D eigenvalue weighted by Gasteiger charge is -2.03. The molecule has 0 unspecified atom stereocenters. The molecule has 1 heterocycles. The van der Waals surface area contributed by atoms with E-state index in [1.807, 2.05) is 0 Å². The fourth-order valence-electron chi connectivity index (χ4n) is 1.65. The largest absolute Gasteiger partial charge is 0.477 e. The van der Waals surface area contributed by atoms with Crippen LogP contribution in [0.2, 0.25) is 0 Å². The summed E-state index contributed by atoms with van der Waals surface area (Å²) in [4.78, 5) is 15.9. The van der Waals surface area contributed by atoms with E-state index < -0.39 is 11.8 Å². The molecular formula is C11H10FNO3S. The molecule has 1 aromatic carbocycles. The van der Waals surface area contributed by atoms with Crippen molar-refractivity contribution in [3.8, 4) is 0 Å². The van der Waals surface area contributed by atoms with Crippen LogP contribution >= 0.6 is 11.3 Å². The molecule has 90 valence electrons. The minimum Gasteiger partial charge on any atom is -0.477 e. The number of fused-ring (bicyclic) bond motifs is 1. The third-order valence-corrected chi connectivity index (χ3v) is 3.54. The van der Waals surface area contributed by atoms with Crippen LogP contribution in [0.5, 0.6) is 0 Å². The smallest absolute Gasteiger partial charge is 0.346 e. The van der Waals surface area contributed by atoms with E-state index in [0.29, 0.717) is 15.6 Å². The van der Waals surface area contributed by atoms with Crippen LogP contribution in [0.3, 0.4) is 0 Å². The highest BCUT2D eigenvalue weighted by atomic mass is 32.1. The first-order valence-corrected chi connectivity index (χ1v) is 5.65. The highest BCUT2D eigenvalue weighted by molar-refractivity contribution is 7.21. The van der Waals surface area contributed by atoms with Crippen LogP contribution in [-0.4, -0.2) is 18.2 Å². The Hall–Kier alpha value is -1.50. The summed E-state index contributed by atoms with van der Waals surface area (Å²) in [5, 5.41) is 9.42. The summed E-state index contributed by atoms with van der Waals surface area (Å²) in [5.41, 5.74) is 2.96. The zero-order valence-electron chi connectivity index (χ0n) is 8.99. The fourth-order valence-corrected chi connectivity index (χ4v) is 2.73. The molecule has 0 aliphatic rings. The van der Waals surface area contributed by atoms with Gasteiger partial charge in [-0.3, -0.25) is 0 Å². The van der Waals surface area contributed by atoms with Crippen LogP contribution in [-0.2, 0) is 11.4 Å². The quantitative estimate of drug-likeness (QED) is 0.824. The molecule has 17 heavy (non-hydrogen) atoms. The Bertz CT molecular complexity index is 567. The average molecular weight is 255 g/mol. The van der Waals surface area contributed by atoms with Gasteiger partial charge in [0.25, 0.3) is 0 Å². The fraction of sp³-hybridized carbons (Fsp3) is 0.182. The number of carbonyl (C=O) groups is 1. The molecule has 0 saturated carbocycles.